The zero-order valence-corrected chi connectivity index (χ0v) is 16.6. The number of carboxylic acids is 2. The quantitative estimate of drug-likeness (QED) is 0.486. The van der Waals surface area contributed by atoms with Crippen molar-refractivity contribution >= 4 is 23.8 Å². The third-order valence-corrected chi connectivity index (χ3v) is 5.28. The molecule has 0 aliphatic carbocycles. The van der Waals surface area contributed by atoms with Gasteiger partial charge >= 0.3 is 11.9 Å². The van der Waals surface area contributed by atoms with Crippen LogP contribution in [0.15, 0.2) is 12.2 Å². The van der Waals surface area contributed by atoms with Crippen molar-refractivity contribution in [3.05, 3.63) is 12.2 Å². The fourth-order valence-electron chi connectivity index (χ4n) is 3.64. The van der Waals surface area contributed by atoms with Gasteiger partial charge in [0.15, 0.2) is 0 Å². The van der Waals surface area contributed by atoms with E-state index >= 15 is 0 Å². The lowest BCUT2D eigenvalue weighted by Gasteiger charge is -2.36. The molecule has 2 amide bonds. The van der Waals surface area contributed by atoms with E-state index in [2.05, 4.69) is 15.1 Å². The van der Waals surface area contributed by atoms with Crippen LogP contribution in [-0.2, 0) is 19.2 Å². The highest BCUT2D eigenvalue weighted by molar-refractivity contribution is 5.91. The monoisotopic (exact) mass is 410 g/mol. The fraction of sp³-hybridized carbons (Fsp3) is 0.684. The highest BCUT2D eigenvalue weighted by Gasteiger charge is 2.32. The number of carbonyl (C=O) groups is 4. The fourth-order valence-corrected chi connectivity index (χ4v) is 3.64. The molecule has 0 aromatic heterocycles. The number of nitrogens with zero attached hydrogens (tertiary/aromatic N) is 3. The number of aliphatic carboxylic acids is 2. The number of rotatable bonds is 6. The predicted molar refractivity (Wildman–Crippen MR) is 104 cm³/mol. The first-order valence-corrected chi connectivity index (χ1v) is 10.0. The molecular weight excluding hydrogens is 380 g/mol. The van der Waals surface area contributed by atoms with E-state index in [0.29, 0.717) is 25.0 Å². The number of amides is 2. The Labute approximate surface area is 170 Å². The molecule has 3 N–H and O–H groups in total. The lowest BCUT2D eigenvalue weighted by Crippen LogP contribution is -2.54. The summed E-state index contributed by atoms with van der Waals surface area (Å²) in [7, 11) is 0. The van der Waals surface area contributed by atoms with E-state index in [0.717, 1.165) is 39.3 Å². The van der Waals surface area contributed by atoms with Crippen molar-refractivity contribution in [2.24, 2.45) is 0 Å². The molecule has 162 valence electrons. The SMILES string of the molecule is O=C(O)/C=C\C(=O)O.O=C1CCC(C(=O)N2CCN(CCN3CCCC3)CC2)N1. The lowest BCUT2D eigenvalue weighted by molar-refractivity contribution is -0.136. The highest BCUT2D eigenvalue weighted by Crippen LogP contribution is 2.12. The number of nitrogens with one attached hydrogen (secondary N) is 1. The van der Waals surface area contributed by atoms with Gasteiger partial charge < -0.3 is 25.3 Å². The smallest absolute Gasteiger partial charge is 0.328 e. The van der Waals surface area contributed by atoms with Crippen LogP contribution in [0.1, 0.15) is 25.7 Å². The van der Waals surface area contributed by atoms with E-state index in [1.54, 1.807) is 0 Å². The number of carboxylic acid groups (broad SMARTS) is 2. The molecule has 10 heteroatoms. The minimum Gasteiger partial charge on any atom is -0.478 e. The summed E-state index contributed by atoms with van der Waals surface area (Å²) in [6, 6.07) is -0.270. The molecule has 3 aliphatic heterocycles. The molecule has 3 fully saturated rings. The van der Waals surface area contributed by atoms with Gasteiger partial charge in [0, 0.05) is 57.8 Å². The largest absolute Gasteiger partial charge is 0.478 e. The van der Waals surface area contributed by atoms with Gasteiger partial charge in [-0.1, -0.05) is 0 Å². The molecule has 1 atom stereocenters. The third-order valence-electron chi connectivity index (χ3n) is 5.28. The van der Waals surface area contributed by atoms with Crippen LogP contribution in [-0.4, -0.2) is 107 Å². The number of piperazine rings is 1. The Morgan fingerprint density at radius 1 is 0.897 bits per heavy atom. The molecule has 0 radical (unpaired) electrons. The van der Waals surface area contributed by atoms with Crippen LogP contribution < -0.4 is 5.32 Å². The summed E-state index contributed by atoms with van der Waals surface area (Å²) in [5.41, 5.74) is 0. The molecule has 0 spiro atoms. The number of carbonyl (C=O) groups excluding carboxylic acids is 2. The van der Waals surface area contributed by atoms with Crippen molar-refractivity contribution in [3.63, 3.8) is 0 Å². The normalized spacial score (nSPS) is 23.0. The molecule has 3 heterocycles. The molecule has 3 saturated heterocycles. The standard InChI is InChI=1S/C15H26N4O2.C4H4O4/c20-14-4-3-13(16-14)15(21)19-11-9-18(10-12-19)8-7-17-5-1-2-6-17;5-3(6)1-2-4(7)8/h13H,1-12H2,(H,16,20);1-2H,(H,5,6)(H,7,8)/b;2-1-. The van der Waals surface area contributed by atoms with Crippen LogP contribution in [0.2, 0.25) is 0 Å². The van der Waals surface area contributed by atoms with Crippen LogP contribution in [0.4, 0.5) is 0 Å². The van der Waals surface area contributed by atoms with Gasteiger partial charge in [0.05, 0.1) is 0 Å². The van der Waals surface area contributed by atoms with Gasteiger partial charge in [-0.3, -0.25) is 14.5 Å². The Morgan fingerprint density at radius 2 is 1.41 bits per heavy atom. The summed E-state index contributed by atoms with van der Waals surface area (Å²) < 4.78 is 0. The van der Waals surface area contributed by atoms with Gasteiger partial charge in [-0.15, -0.1) is 0 Å². The maximum Gasteiger partial charge on any atom is 0.328 e. The van der Waals surface area contributed by atoms with Gasteiger partial charge in [0.2, 0.25) is 11.8 Å². The van der Waals surface area contributed by atoms with E-state index in [4.69, 9.17) is 10.2 Å². The molecule has 0 aromatic carbocycles. The van der Waals surface area contributed by atoms with Crippen molar-refractivity contribution in [3.8, 4) is 0 Å². The maximum atomic E-state index is 12.3. The average Bonchev–Trinajstić information content (AvgIpc) is 3.37. The molecule has 0 bridgehead atoms. The first-order valence-electron chi connectivity index (χ1n) is 10.0. The molecular formula is C19H30N4O6. The molecule has 3 aliphatic rings. The first-order chi connectivity index (χ1) is 13.8. The zero-order valence-electron chi connectivity index (χ0n) is 16.6. The van der Waals surface area contributed by atoms with Crippen LogP contribution in [0.3, 0.4) is 0 Å². The Hall–Kier alpha value is -2.46. The number of hydrogen-bond donors (Lipinski definition) is 3. The van der Waals surface area contributed by atoms with Gasteiger partial charge in [-0.25, -0.2) is 9.59 Å². The van der Waals surface area contributed by atoms with Crippen molar-refractivity contribution < 1.29 is 29.4 Å². The van der Waals surface area contributed by atoms with Crippen LogP contribution in [0, 0.1) is 0 Å². The lowest BCUT2D eigenvalue weighted by atomic mass is 10.2. The van der Waals surface area contributed by atoms with Gasteiger partial charge in [0.1, 0.15) is 6.04 Å². The maximum absolute atomic E-state index is 12.3. The van der Waals surface area contributed by atoms with Crippen LogP contribution in [0.25, 0.3) is 0 Å². The van der Waals surface area contributed by atoms with Crippen molar-refractivity contribution in [2.45, 2.75) is 31.7 Å². The summed E-state index contributed by atoms with van der Waals surface area (Å²) in [4.78, 5) is 49.5. The summed E-state index contributed by atoms with van der Waals surface area (Å²) in [5.74, 6) is -2.39. The molecule has 29 heavy (non-hydrogen) atoms. The van der Waals surface area contributed by atoms with Gasteiger partial charge in [-0.05, 0) is 32.4 Å². The van der Waals surface area contributed by atoms with E-state index < -0.39 is 11.9 Å². The van der Waals surface area contributed by atoms with E-state index in [1.165, 1.54) is 25.9 Å². The third kappa shape index (κ3) is 8.20. The highest BCUT2D eigenvalue weighted by atomic mass is 16.4. The predicted octanol–water partition coefficient (Wildman–Crippen LogP) is -0.783. The minimum atomic E-state index is -1.26. The summed E-state index contributed by atoms with van der Waals surface area (Å²) >= 11 is 0. The summed E-state index contributed by atoms with van der Waals surface area (Å²) in [5, 5.41) is 18.4. The van der Waals surface area contributed by atoms with E-state index in [-0.39, 0.29) is 17.9 Å². The Balaban J connectivity index is 0.000000321. The Bertz CT molecular complexity index is 608. The molecule has 10 nitrogen and oxygen atoms in total. The molecule has 1 unspecified atom stereocenters. The molecule has 0 saturated carbocycles. The zero-order chi connectivity index (χ0) is 21.2. The van der Waals surface area contributed by atoms with Gasteiger partial charge in [-0.2, -0.15) is 0 Å². The van der Waals surface area contributed by atoms with Gasteiger partial charge in [0.25, 0.3) is 0 Å². The van der Waals surface area contributed by atoms with Crippen molar-refractivity contribution in [2.75, 3.05) is 52.4 Å². The van der Waals surface area contributed by atoms with E-state index in [1.807, 2.05) is 4.90 Å². The van der Waals surface area contributed by atoms with Crippen LogP contribution >= 0.6 is 0 Å². The Morgan fingerprint density at radius 3 is 1.86 bits per heavy atom. The second-order valence-electron chi connectivity index (χ2n) is 7.38. The average molecular weight is 410 g/mol. The Kier molecular flexibility index (Phi) is 9.07. The van der Waals surface area contributed by atoms with Crippen LogP contribution in [0.5, 0.6) is 0 Å². The summed E-state index contributed by atoms with van der Waals surface area (Å²) in [6.45, 7) is 8.28. The number of likely N-dealkylation sites (tertiary alicyclic amines) is 1. The van der Waals surface area contributed by atoms with Crippen molar-refractivity contribution in [1.82, 2.24) is 20.0 Å². The van der Waals surface area contributed by atoms with Crippen molar-refractivity contribution in [1.29, 1.82) is 0 Å². The minimum absolute atomic E-state index is 0.0117. The first kappa shape index (κ1) is 22.8. The number of hydrogen-bond acceptors (Lipinski definition) is 6. The van der Waals surface area contributed by atoms with E-state index in [9.17, 15) is 19.2 Å². The second-order valence-corrected chi connectivity index (χ2v) is 7.38. The molecule has 0 aromatic rings. The second kappa shape index (κ2) is 11.5. The molecule has 3 rings (SSSR count). The summed E-state index contributed by atoms with van der Waals surface area (Å²) in [6.07, 6.45) is 4.95. The topological polar surface area (TPSA) is 130 Å².